The summed E-state index contributed by atoms with van der Waals surface area (Å²) < 4.78 is 1.41. The first-order valence-corrected chi connectivity index (χ1v) is 3.59. The van der Waals surface area contributed by atoms with Crippen LogP contribution in [-0.4, -0.2) is 22.5 Å². The molecule has 8 heavy (non-hydrogen) atoms. The normalized spacial score (nSPS) is 7.62. The van der Waals surface area contributed by atoms with E-state index in [1.54, 1.807) is 0 Å². The van der Waals surface area contributed by atoms with E-state index in [-0.39, 0.29) is 9.90 Å². The average molecular weight is 230 g/mol. The molecule has 0 N–H and O–H groups in total. The first-order valence-electron chi connectivity index (χ1n) is 2.16. The van der Waals surface area contributed by atoms with Gasteiger partial charge in [0.25, 0.3) is 0 Å². The minimum atomic E-state index is 0. The Balaban J connectivity index is 0.000000490. The van der Waals surface area contributed by atoms with Gasteiger partial charge in [0.2, 0.25) is 0 Å². The van der Waals surface area contributed by atoms with E-state index in [1.165, 1.54) is 26.1 Å². The van der Waals surface area contributed by atoms with Gasteiger partial charge in [0.05, 0.1) is 0 Å². The third-order valence-electron chi connectivity index (χ3n) is 0.774. The van der Waals surface area contributed by atoms with Crippen molar-refractivity contribution in [2.45, 2.75) is 0 Å². The number of benzene rings is 1. The van der Waals surface area contributed by atoms with E-state index in [2.05, 4.69) is 24.3 Å². The molecule has 0 bridgehead atoms. The van der Waals surface area contributed by atoms with Crippen LogP contribution in [0, 0.1) is 0 Å². The van der Waals surface area contributed by atoms with Gasteiger partial charge in [0, 0.05) is 0 Å². The topological polar surface area (TPSA) is 0 Å². The molecule has 1 atom stereocenters. The number of rotatable bonds is 0. The molecule has 41 valence electrons. The third kappa shape index (κ3) is 2.68. The van der Waals surface area contributed by atoms with Crippen LogP contribution in [0.3, 0.4) is 0 Å². The first-order chi connectivity index (χ1) is 3.39. The van der Waals surface area contributed by atoms with E-state index in [1.807, 2.05) is 6.07 Å². The molecule has 1 rings (SSSR count). The molecule has 0 saturated heterocycles. The molecule has 0 spiro atoms. The molecule has 1 unspecified atom stereocenters. The molecule has 0 nitrogen and oxygen atoms in total. The van der Waals surface area contributed by atoms with Gasteiger partial charge in [-0.1, -0.05) is 0 Å². The zero-order valence-electron chi connectivity index (χ0n) is 4.59. The van der Waals surface area contributed by atoms with Crippen molar-refractivity contribution in [2.75, 3.05) is 0 Å². The van der Waals surface area contributed by atoms with Gasteiger partial charge in [0.1, 0.15) is 0 Å². The van der Waals surface area contributed by atoms with Gasteiger partial charge in [0.15, 0.2) is 0 Å². The Morgan fingerprint density at radius 2 is 1.50 bits per heavy atom. The Bertz CT molecular complexity index is 138. The SMILES string of the molecule is P.[Sn][c]1ccccc1. The summed E-state index contributed by atoms with van der Waals surface area (Å²) >= 11 is 1.49. The van der Waals surface area contributed by atoms with Crippen molar-refractivity contribution in [3.8, 4) is 0 Å². The average Bonchev–Trinajstić information content (AvgIpc) is 1.69. The molecular weight excluding hydrogens is 222 g/mol. The molecule has 0 fully saturated rings. The Labute approximate surface area is 66.4 Å². The molecule has 0 amide bonds. The van der Waals surface area contributed by atoms with Gasteiger partial charge in [-0.2, -0.15) is 9.90 Å². The molecule has 0 aromatic heterocycles. The fraction of sp³-hybridized carbons (Fsp3) is 0. The second kappa shape index (κ2) is 4.34. The van der Waals surface area contributed by atoms with Crippen LogP contribution in [0.4, 0.5) is 0 Å². The van der Waals surface area contributed by atoms with Crippen molar-refractivity contribution < 1.29 is 0 Å². The van der Waals surface area contributed by atoms with Gasteiger partial charge in [-0.25, -0.2) is 0 Å². The molecule has 0 saturated carbocycles. The summed E-state index contributed by atoms with van der Waals surface area (Å²) in [5, 5.41) is 0. The van der Waals surface area contributed by atoms with Crippen LogP contribution >= 0.6 is 9.90 Å². The standard InChI is InChI=1S/C6H5.H3P.Sn/c1-2-4-6-5-3-1;;/h1-5H;1H3;. The second-order valence-corrected chi connectivity index (χ2v) is 3.01. The van der Waals surface area contributed by atoms with Crippen LogP contribution in [0.5, 0.6) is 0 Å². The zero-order chi connectivity index (χ0) is 5.11. The molecule has 0 aliphatic carbocycles. The summed E-state index contributed by atoms with van der Waals surface area (Å²) in [6.07, 6.45) is 0. The molecule has 0 heterocycles. The first kappa shape index (κ1) is 8.45. The molecule has 2 heteroatoms. The van der Waals surface area contributed by atoms with Gasteiger partial charge < -0.3 is 0 Å². The van der Waals surface area contributed by atoms with Crippen LogP contribution in [0.1, 0.15) is 0 Å². The second-order valence-electron chi connectivity index (χ2n) is 1.37. The Morgan fingerprint density at radius 3 is 1.75 bits per heavy atom. The summed E-state index contributed by atoms with van der Waals surface area (Å²) in [7, 11) is 0. The van der Waals surface area contributed by atoms with Crippen LogP contribution < -0.4 is 3.58 Å². The molecule has 3 radical (unpaired) electrons. The monoisotopic (exact) mass is 231 g/mol. The Kier molecular flexibility index (Phi) is 4.58. The summed E-state index contributed by atoms with van der Waals surface area (Å²) in [5.41, 5.74) is 0. The maximum absolute atomic E-state index is 2.12. The van der Waals surface area contributed by atoms with Crippen molar-refractivity contribution in [2.24, 2.45) is 0 Å². The van der Waals surface area contributed by atoms with Crippen molar-refractivity contribution in [1.82, 2.24) is 0 Å². The summed E-state index contributed by atoms with van der Waals surface area (Å²) in [4.78, 5) is 0. The van der Waals surface area contributed by atoms with Gasteiger partial charge in [-0.15, -0.1) is 0 Å². The van der Waals surface area contributed by atoms with Crippen LogP contribution in [-0.2, 0) is 0 Å². The van der Waals surface area contributed by atoms with Gasteiger partial charge >= 0.3 is 56.4 Å². The number of hydrogen-bond acceptors (Lipinski definition) is 0. The van der Waals surface area contributed by atoms with Crippen LogP contribution in [0.25, 0.3) is 0 Å². The van der Waals surface area contributed by atoms with E-state index in [0.717, 1.165) is 0 Å². The molecule has 0 aliphatic heterocycles. The maximum atomic E-state index is 2.12. The van der Waals surface area contributed by atoms with E-state index in [9.17, 15) is 0 Å². The quantitative estimate of drug-likeness (QED) is 0.450. The van der Waals surface area contributed by atoms with Crippen molar-refractivity contribution in [1.29, 1.82) is 0 Å². The summed E-state index contributed by atoms with van der Waals surface area (Å²) in [5.74, 6) is 0. The summed E-state index contributed by atoms with van der Waals surface area (Å²) in [6.45, 7) is 0. The van der Waals surface area contributed by atoms with E-state index in [0.29, 0.717) is 0 Å². The van der Waals surface area contributed by atoms with E-state index in [4.69, 9.17) is 0 Å². The predicted molar refractivity (Wildman–Crippen MR) is 42.9 cm³/mol. The van der Waals surface area contributed by atoms with Crippen molar-refractivity contribution in [3.05, 3.63) is 30.3 Å². The van der Waals surface area contributed by atoms with Gasteiger partial charge in [-0.05, 0) is 0 Å². The van der Waals surface area contributed by atoms with Crippen LogP contribution in [0.2, 0.25) is 0 Å². The van der Waals surface area contributed by atoms with E-state index < -0.39 is 0 Å². The van der Waals surface area contributed by atoms with Crippen LogP contribution in [0.15, 0.2) is 30.3 Å². The third-order valence-corrected chi connectivity index (χ3v) is 1.73. The Morgan fingerprint density at radius 1 is 1.00 bits per heavy atom. The molecular formula is C6H8PSn. The fourth-order valence-corrected chi connectivity index (χ4v) is 0.987. The van der Waals surface area contributed by atoms with Crippen molar-refractivity contribution >= 4 is 36.0 Å². The predicted octanol–water partition coefficient (Wildman–Crippen LogP) is 0.538. The minimum absolute atomic E-state index is 0. The van der Waals surface area contributed by atoms with E-state index >= 15 is 0 Å². The molecule has 0 aliphatic rings. The molecule has 1 aromatic rings. The number of hydrogen-bond donors (Lipinski definition) is 0. The molecule has 1 aromatic carbocycles. The summed E-state index contributed by atoms with van der Waals surface area (Å²) in [6, 6.07) is 10.4. The Hall–Kier alpha value is 0.449. The van der Waals surface area contributed by atoms with Crippen molar-refractivity contribution in [3.63, 3.8) is 0 Å². The fourth-order valence-electron chi connectivity index (χ4n) is 0.438. The van der Waals surface area contributed by atoms with Gasteiger partial charge in [-0.3, -0.25) is 0 Å². The zero-order valence-corrected chi connectivity index (χ0v) is 8.86.